The summed E-state index contributed by atoms with van der Waals surface area (Å²) in [5.74, 6) is 0. The number of oxime groups is 1. The lowest BCUT2D eigenvalue weighted by atomic mass is 10.2. The molecule has 4 heteroatoms. The molecule has 2 rings (SSSR count). The highest BCUT2D eigenvalue weighted by atomic mass is 32.1. The van der Waals surface area contributed by atoms with Gasteiger partial charge in [0.05, 0.1) is 6.21 Å². The van der Waals surface area contributed by atoms with Crippen LogP contribution in [-0.4, -0.2) is 11.4 Å². The van der Waals surface area contributed by atoms with Gasteiger partial charge in [0.2, 0.25) is 0 Å². The molecule has 78 valence electrons. The zero-order valence-electron chi connectivity index (χ0n) is 8.09. The standard InChI is InChI=1S/C11H11NOS2/c13-12-8-11-6-5-10(15-11)4-3-9-2-1-7-14-9/h1-2,5-8,13H,3-4H2/b12-8+. The molecule has 0 atom stereocenters. The normalized spacial score (nSPS) is 11.2. The lowest BCUT2D eigenvalue weighted by Crippen LogP contribution is -1.83. The SMILES string of the molecule is O/N=C/c1ccc(CCc2cccs2)s1. The van der Waals surface area contributed by atoms with Gasteiger partial charge < -0.3 is 5.21 Å². The minimum absolute atomic E-state index is 0.999. The summed E-state index contributed by atoms with van der Waals surface area (Å²) in [7, 11) is 0. The van der Waals surface area contributed by atoms with Crippen LogP contribution in [0.4, 0.5) is 0 Å². The van der Waals surface area contributed by atoms with Crippen molar-refractivity contribution in [1.29, 1.82) is 0 Å². The maximum atomic E-state index is 8.39. The Kier molecular flexibility index (Phi) is 3.53. The quantitative estimate of drug-likeness (QED) is 0.493. The second-order valence-corrected chi connectivity index (χ2v) is 5.36. The Balaban J connectivity index is 1.93. The molecule has 0 aromatic carbocycles. The van der Waals surface area contributed by atoms with Crippen LogP contribution < -0.4 is 0 Å². The van der Waals surface area contributed by atoms with E-state index in [0.29, 0.717) is 0 Å². The van der Waals surface area contributed by atoms with Gasteiger partial charge in [-0.1, -0.05) is 11.2 Å². The number of hydrogen-bond acceptors (Lipinski definition) is 4. The summed E-state index contributed by atoms with van der Waals surface area (Å²) in [5.41, 5.74) is 0. The lowest BCUT2D eigenvalue weighted by Gasteiger charge is -1.93. The van der Waals surface area contributed by atoms with Gasteiger partial charge >= 0.3 is 0 Å². The maximum absolute atomic E-state index is 8.39. The smallest absolute Gasteiger partial charge is 0.0833 e. The van der Waals surface area contributed by atoms with Crippen molar-refractivity contribution in [1.82, 2.24) is 0 Å². The van der Waals surface area contributed by atoms with Crippen LogP contribution in [0.15, 0.2) is 34.8 Å². The van der Waals surface area contributed by atoms with Crippen LogP contribution in [0.1, 0.15) is 14.6 Å². The molecule has 0 saturated heterocycles. The summed E-state index contributed by atoms with van der Waals surface area (Å²) < 4.78 is 0. The summed E-state index contributed by atoms with van der Waals surface area (Å²) in [5, 5.41) is 13.5. The second-order valence-electron chi connectivity index (χ2n) is 3.13. The van der Waals surface area contributed by atoms with E-state index in [0.717, 1.165) is 17.7 Å². The molecule has 2 nitrogen and oxygen atoms in total. The molecule has 0 amide bonds. The van der Waals surface area contributed by atoms with Gasteiger partial charge in [-0.05, 0) is 36.4 Å². The second kappa shape index (κ2) is 5.09. The minimum atomic E-state index is 0.999. The van der Waals surface area contributed by atoms with Gasteiger partial charge in [-0.3, -0.25) is 0 Å². The number of rotatable bonds is 4. The first-order valence-corrected chi connectivity index (χ1v) is 6.36. The number of nitrogens with zero attached hydrogens (tertiary/aromatic N) is 1. The van der Waals surface area contributed by atoms with Crippen molar-refractivity contribution < 1.29 is 5.21 Å². The first-order chi connectivity index (χ1) is 7.38. The fourth-order valence-corrected chi connectivity index (χ4v) is 2.94. The van der Waals surface area contributed by atoms with Crippen molar-refractivity contribution in [2.45, 2.75) is 12.8 Å². The summed E-state index contributed by atoms with van der Waals surface area (Å²) in [4.78, 5) is 3.75. The Hall–Kier alpha value is -1.13. The van der Waals surface area contributed by atoms with Gasteiger partial charge in [0.25, 0.3) is 0 Å². The van der Waals surface area contributed by atoms with Crippen LogP contribution in [0, 0.1) is 0 Å². The molecule has 15 heavy (non-hydrogen) atoms. The predicted molar refractivity (Wildman–Crippen MR) is 65.4 cm³/mol. The van der Waals surface area contributed by atoms with Crippen molar-refractivity contribution in [3.8, 4) is 0 Å². The van der Waals surface area contributed by atoms with Crippen LogP contribution >= 0.6 is 22.7 Å². The Morgan fingerprint density at radius 2 is 2.07 bits per heavy atom. The Morgan fingerprint density at radius 1 is 1.20 bits per heavy atom. The van der Waals surface area contributed by atoms with Crippen molar-refractivity contribution in [3.63, 3.8) is 0 Å². The number of hydrogen-bond donors (Lipinski definition) is 1. The Labute approximate surface area is 96.5 Å². The van der Waals surface area contributed by atoms with E-state index in [9.17, 15) is 0 Å². The van der Waals surface area contributed by atoms with E-state index in [1.807, 2.05) is 6.07 Å². The average Bonchev–Trinajstić information content (AvgIpc) is 2.85. The van der Waals surface area contributed by atoms with Crippen molar-refractivity contribution in [2.24, 2.45) is 5.16 Å². The largest absolute Gasteiger partial charge is 0.411 e. The monoisotopic (exact) mass is 237 g/mol. The van der Waals surface area contributed by atoms with Gasteiger partial charge in [-0.25, -0.2) is 0 Å². The minimum Gasteiger partial charge on any atom is -0.411 e. The molecule has 2 aromatic rings. The summed E-state index contributed by atoms with van der Waals surface area (Å²) in [6, 6.07) is 8.32. The zero-order chi connectivity index (χ0) is 10.5. The number of thiophene rings is 2. The summed E-state index contributed by atoms with van der Waals surface area (Å²) >= 11 is 3.47. The lowest BCUT2D eigenvalue weighted by molar-refractivity contribution is 0.322. The van der Waals surface area contributed by atoms with Gasteiger partial charge in [-0.2, -0.15) is 0 Å². The number of aryl methyl sites for hydroxylation is 2. The molecule has 2 heterocycles. The Morgan fingerprint density at radius 3 is 2.80 bits per heavy atom. The Bertz CT molecular complexity index is 431. The third-order valence-corrected chi connectivity index (χ3v) is 4.08. The van der Waals surface area contributed by atoms with Crippen LogP contribution in [0.25, 0.3) is 0 Å². The van der Waals surface area contributed by atoms with E-state index >= 15 is 0 Å². The predicted octanol–water partition coefficient (Wildman–Crippen LogP) is 3.40. The average molecular weight is 237 g/mol. The van der Waals surface area contributed by atoms with E-state index < -0.39 is 0 Å². The summed E-state index contributed by atoms with van der Waals surface area (Å²) in [6.07, 6.45) is 3.62. The molecule has 0 aliphatic carbocycles. The van der Waals surface area contributed by atoms with Gasteiger partial charge in [-0.15, -0.1) is 22.7 Å². The van der Waals surface area contributed by atoms with E-state index in [2.05, 4.69) is 28.7 Å². The summed E-state index contributed by atoms with van der Waals surface area (Å²) in [6.45, 7) is 0. The van der Waals surface area contributed by atoms with Crippen LogP contribution in [0.2, 0.25) is 0 Å². The molecule has 1 N–H and O–H groups in total. The molecule has 2 aromatic heterocycles. The molecule has 0 aliphatic heterocycles. The van der Waals surface area contributed by atoms with Gasteiger partial charge in [0.15, 0.2) is 0 Å². The molecule has 0 unspecified atom stereocenters. The zero-order valence-corrected chi connectivity index (χ0v) is 9.72. The van der Waals surface area contributed by atoms with Crippen molar-refractivity contribution >= 4 is 28.9 Å². The molecular weight excluding hydrogens is 226 g/mol. The third-order valence-electron chi connectivity index (χ3n) is 2.07. The van der Waals surface area contributed by atoms with E-state index in [1.165, 1.54) is 16.0 Å². The van der Waals surface area contributed by atoms with Crippen molar-refractivity contribution in [2.75, 3.05) is 0 Å². The van der Waals surface area contributed by atoms with Gasteiger partial charge in [0.1, 0.15) is 0 Å². The van der Waals surface area contributed by atoms with Crippen LogP contribution in [0.3, 0.4) is 0 Å². The fourth-order valence-electron chi connectivity index (χ4n) is 1.36. The molecule has 0 radical (unpaired) electrons. The van der Waals surface area contributed by atoms with E-state index in [-0.39, 0.29) is 0 Å². The molecule has 0 bridgehead atoms. The fraction of sp³-hybridized carbons (Fsp3) is 0.182. The van der Waals surface area contributed by atoms with Crippen LogP contribution in [-0.2, 0) is 12.8 Å². The highest BCUT2D eigenvalue weighted by Gasteiger charge is 2.00. The molecule has 0 fully saturated rings. The maximum Gasteiger partial charge on any atom is 0.0833 e. The molecular formula is C11H11NOS2. The highest BCUT2D eigenvalue weighted by Crippen LogP contribution is 2.18. The molecule has 0 aliphatic rings. The third kappa shape index (κ3) is 2.91. The first kappa shape index (κ1) is 10.4. The van der Waals surface area contributed by atoms with Crippen molar-refractivity contribution in [3.05, 3.63) is 44.3 Å². The first-order valence-electron chi connectivity index (χ1n) is 4.67. The highest BCUT2D eigenvalue weighted by molar-refractivity contribution is 7.13. The molecule has 0 saturated carbocycles. The van der Waals surface area contributed by atoms with Gasteiger partial charge in [0, 0.05) is 14.6 Å². The van der Waals surface area contributed by atoms with E-state index in [4.69, 9.17) is 5.21 Å². The molecule has 0 spiro atoms. The van der Waals surface area contributed by atoms with E-state index in [1.54, 1.807) is 22.7 Å². The topological polar surface area (TPSA) is 32.6 Å². The van der Waals surface area contributed by atoms with Crippen LogP contribution in [0.5, 0.6) is 0 Å².